The molecule has 0 radical (unpaired) electrons. The minimum absolute atomic E-state index is 0.0116. The summed E-state index contributed by atoms with van der Waals surface area (Å²) in [6.45, 7) is 2.30. The molecule has 1 aliphatic heterocycles. The topological polar surface area (TPSA) is 23.6 Å². The predicted molar refractivity (Wildman–Crippen MR) is 94.2 cm³/mol. The SMILES string of the molecule is CN1CCN(C(=O)c2cc(Cl)ccc2Cl)[C@@H](c2ccccc2)C1. The summed E-state index contributed by atoms with van der Waals surface area (Å²) >= 11 is 12.3. The van der Waals surface area contributed by atoms with Gasteiger partial charge in [-0.05, 0) is 30.8 Å². The monoisotopic (exact) mass is 348 g/mol. The van der Waals surface area contributed by atoms with Crippen molar-refractivity contribution < 1.29 is 4.79 Å². The van der Waals surface area contributed by atoms with E-state index in [4.69, 9.17) is 23.2 Å². The molecule has 1 amide bonds. The van der Waals surface area contributed by atoms with Crippen LogP contribution in [0.25, 0.3) is 0 Å². The van der Waals surface area contributed by atoms with Gasteiger partial charge < -0.3 is 9.80 Å². The molecular weight excluding hydrogens is 331 g/mol. The molecule has 0 saturated carbocycles. The Balaban J connectivity index is 1.95. The number of carbonyl (C=O) groups excluding carboxylic acids is 1. The zero-order chi connectivity index (χ0) is 16.4. The number of piperazine rings is 1. The second-order valence-electron chi connectivity index (χ2n) is 5.81. The molecule has 1 heterocycles. The van der Waals surface area contributed by atoms with E-state index in [0.29, 0.717) is 22.2 Å². The third-order valence-corrected chi connectivity index (χ3v) is 4.75. The van der Waals surface area contributed by atoms with E-state index >= 15 is 0 Å². The van der Waals surface area contributed by atoms with Crippen molar-refractivity contribution in [2.75, 3.05) is 26.7 Å². The van der Waals surface area contributed by atoms with Crippen molar-refractivity contribution >= 4 is 29.1 Å². The molecule has 120 valence electrons. The largest absolute Gasteiger partial charge is 0.329 e. The lowest BCUT2D eigenvalue weighted by Gasteiger charge is -2.40. The Morgan fingerprint density at radius 1 is 1.09 bits per heavy atom. The minimum Gasteiger partial charge on any atom is -0.329 e. The van der Waals surface area contributed by atoms with Gasteiger partial charge in [0.1, 0.15) is 0 Å². The summed E-state index contributed by atoms with van der Waals surface area (Å²) < 4.78 is 0. The summed E-state index contributed by atoms with van der Waals surface area (Å²) in [4.78, 5) is 17.2. The quantitative estimate of drug-likeness (QED) is 0.814. The average Bonchev–Trinajstić information content (AvgIpc) is 2.57. The maximum Gasteiger partial charge on any atom is 0.256 e. The standard InChI is InChI=1S/C18H18Cl2N2O/c1-21-9-10-22(17(12-21)13-5-3-2-4-6-13)18(23)15-11-14(19)7-8-16(15)20/h2-8,11,17H,9-10,12H2,1H3/t17-/m1/s1. The molecule has 0 aliphatic carbocycles. The lowest BCUT2D eigenvalue weighted by molar-refractivity contribution is 0.0498. The van der Waals surface area contributed by atoms with Crippen LogP contribution >= 0.6 is 23.2 Å². The van der Waals surface area contributed by atoms with Gasteiger partial charge in [-0.15, -0.1) is 0 Å². The van der Waals surface area contributed by atoms with Crippen LogP contribution in [0.1, 0.15) is 22.0 Å². The van der Waals surface area contributed by atoms with E-state index in [2.05, 4.69) is 24.1 Å². The zero-order valence-electron chi connectivity index (χ0n) is 12.9. The molecule has 1 saturated heterocycles. The highest BCUT2D eigenvalue weighted by Crippen LogP contribution is 2.29. The highest BCUT2D eigenvalue weighted by molar-refractivity contribution is 6.35. The van der Waals surface area contributed by atoms with Crippen molar-refractivity contribution in [3.8, 4) is 0 Å². The van der Waals surface area contributed by atoms with Crippen LogP contribution in [0.4, 0.5) is 0 Å². The first-order valence-corrected chi connectivity index (χ1v) is 8.31. The van der Waals surface area contributed by atoms with E-state index < -0.39 is 0 Å². The summed E-state index contributed by atoms with van der Waals surface area (Å²) in [5.74, 6) is -0.0700. The molecule has 0 bridgehead atoms. The van der Waals surface area contributed by atoms with Gasteiger partial charge in [-0.25, -0.2) is 0 Å². The van der Waals surface area contributed by atoms with Crippen molar-refractivity contribution in [3.05, 3.63) is 69.7 Å². The molecule has 2 aromatic carbocycles. The molecule has 1 fully saturated rings. The van der Waals surface area contributed by atoms with E-state index in [1.54, 1.807) is 18.2 Å². The van der Waals surface area contributed by atoms with Crippen LogP contribution < -0.4 is 0 Å². The number of halogens is 2. The van der Waals surface area contributed by atoms with E-state index in [1.165, 1.54) is 0 Å². The van der Waals surface area contributed by atoms with Gasteiger partial charge in [-0.3, -0.25) is 4.79 Å². The number of hydrogen-bond acceptors (Lipinski definition) is 2. The maximum absolute atomic E-state index is 13.0. The Bertz CT molecular complexity index is 705. The van der Waals surface area contributed by atoms with Crippen LogP contribution in [-0.2, 0) is 0 Å². The fourth-order valence-corrected chi connectivity index (χ4v) is 3.31. The lowest BCUT2D eigenvalue weighted by atomic mass is 10.0. The van der Waals surface area contributed by atoms with Gasteiger partial charge in [0.15, 0.2) is 0 Å². The van der Waals surface area contributed by atoms with Gasteiger partial charge in [0.2, 0.25) is 0 Å². The molecule has 2 aromatic rings. The Morgan fingerprint density at radius 2 is 1.83 bits per heavy atom. The predicted octanol–water partition coefficient (Wildman–Crippen LogP) is 4.12. The van der Waals surface area contributed by atoms with Gasteiger partial charge in [-0.1, -0.05) is 53.5 Å². The summed E-state index contributed by atoms with van der Waals surface area (Å²) in [6, 6.07) is 15.1. The number of carbonyl (C=O) groups is 1. The van der Waals surface area contributed by atoms with Gasteiger partial charge in [-0.2, -0.15) is 0 Å². The van der Waals surface area contributed by atoms with Crippen LogP contribution in [0.5, 0.6) is 0 Å². The van der Waals surface area contributed by atoms with Crippen LogP contribution in [0.2, 0.25) is 10.0 Å². The normalized spacial score (nSPS) is 18.9. The Kier molecular flexibility index (Phi) is 4.90. The number of rotatable bonds is 2. The average molecular weight is 349 g/mol. The van der Waals surface area contributed by atoms with Crippen LogP contribution in [0.15, 0.2) is 48.5 Å². The first kappa shape index (κ1) is 16.3. The van der Waals surface area contributed by atoms with E-state index in [0.717, 1.165) is 18.7 Å². The molecule has 1 aliphatic rings. The molecule has 5 heteroatoms. The zero-order valence-corrected chi connectivity index (χ0v) is 14.4. The number of hydrogen-bond donors (Lipinski definition) is 0. The van der Waals surface area contributed by atoms with Gasteiger partial charge in [0, 0.05) is 24.7 Å². The fourth-order valence-electron chi connectivity index (χ4n) is 2.94. The van der Waals surface area contributed by atoms with Crippen molar-refractivity contribution in [2.24, 2.45) is 0 Å². The van der Waals surface area contributed by atoms with Crippen molar-refractivity contribution in [3.63, 3.8) is 0 Å². The molecule has 1 atom stereocenters. The Morgan fingerprint density at radius 3 is 2.57 bits per heavy atom. The summed E-state index contributed by atoms with van der Waals surface area (Å²) in [5, 5.41) is 0.952. The molecule has 3 rings (SSSR count). The number of likely N-dealkylation sites (N-methyl/N-ethyl adjacent to an activating group) is 1. The van der Waals surface area contributed by atoms with Crippen molar-refractivity contribution in [1.82, 2.24) is 9.80 Å². The number of nitrogens with zero attached hydrogens (tertiary/aromatic N) is 2. The smallest absolute Gasteiger partial charge is 0.256 e. The highest BCUT2D eigenvalue weighted by Gasteiger charge is 2.31. The van der Waals surface area contributed by atoms with E-state index in [-0.39, 0.29) is 11.9 Å². The van der Waals surface area contributed by atoms with Gasteiger partial charge >= 0.3 is 0 Å². The van der Waals surface area contributed by atoms with E-state index in [1.807, 2.05) is 23.1 Å². The second kappa shape index (κ2) is 6.91. The highest BCUT2D eigenvalue weighted by atomic mass is 35.5. The minimum atomic E-state index is -0.0700. The molecule has 23 heavy (non-hydrogen) atoms. The van der Waals surface area contributed by atoms with Crippen LogP contribution in [0, 0.1) is 0 Å². The molecule has 0 unspecified atom stereocenters. The summed E-state index contributed by atoms with van der Waals surface area (Å²) in [5.41, 5.74) is 1.59. The second-order valence-corrected chi connectivity index (χ2v) is 6.66. The Labute approximate surface area is 146 Å². The summed E-state index contributed by atoms with van der Waals surface area (Å²) in [6.07, 6.45) is 0. The molecule has 3 nitrogen and oxygen atoms in total. The molecule has 0 aromatic heterocycles. The lowest BCUT2D eigenvalue weighted by Crippen LogP contribution is -2.49. The molecule has 0 N–H and O–H groups in total. The van der Waals surface area contributed by atoms with Crippen LogP contribution in [-0.4, -0.2) is 42.4 Å². The Hall–Kier alpha value is -1.55. The van der Waals surface area contributed by atoms with E-state index in [9.17, 15) is 4.79 Å². The fraction of sp³-hybridized carbons (Fsp3) is 0.278. The maximum atomic E-state index is 13.0. The number of benzene rings is 2. The summed E-state index contributed by atoms with van der Waals surface area (Å²) in [7, 11) is 2.07. The van der Waals surface area contributed by atoms with Crippen molar-refractivity contribution in [2.45, 2.75) is 6.04 Å². The molecular formula is C18H18Cl2N2O. The van der Waals surface area contributed by atoms with Crippen molar-refractivity contribution in [1.29, 1.82) is 0 Å². The first-order valence-electron chi connectivity index (χ1n) is 7.56. The van der Waals surface area contributed by atoms with Gasteiger partial charge in [0.25, 0.3) is 5.91 Å². The third-order valence-electron chi connectivity index (χ3n) is 4.19. The molecule has 0 spiro atoms. The first-order chi connectivity index (χ1) is 11.1. The third kappa shape index (κ3) is 3.52. The van der Waals surface area contributed by atoms with Crippen LogP contribution in [0.3, 0.4) is 0 Å². The number of amides is 1. The van der Waals surface area contributed by atoms with Gasteiger partial charge in [0.05, 0.1) is 16.6 Å².